The normalized spacial score (nSPS) is 19.5. The van der Waals surface area contributed by atoms with E-state index in [4.69, 9.17) is 10.5 Å². The van der Waals surface area contributed by atoms with E-state index in [1.807, 2.05) is 26.8 Å². The zero-order valence-corrected chi connectivity index (χ0v) is 20.7. The van der Waals surface area contributed by atoms with Gasteiger partial charge in [0.15, 0.2) is 11.5 Å². The first-order valence-electron chi connectivity index (χ1n) is 12.3. The van der Waals surface area contributed by atoms with Crippen molar-refractivity contribution in [2.24, 2.45) is 11.7 Å². The smallest absolute Gasteiger partial charge is 0.407 e. The molecule has 0 aromatic carbocycles. The predicted octanol–water partition coefficient (Wildman–Crippen LogP) is 3.70. The van der Waals surface area contributed by atoms with E-state index in [0.717, 1.165) is 50.6 Å². The molecule has 1 fully saturated rings. The molecule has 0 saturated heterocycles. The summed E-state index contributed by atoms with van der Waals surface area (Å²) in [5, 5.41) is 17.7. The van der Waals surface area contributed by atoms with E-state index in [0.29, 0.717) is 23.9 Å². The van der Waals surface area contributed by atoms with Crippen molar-refractivity contribution in [1.29, 1.82) is 0 Å². The van der Waals surface area contributed by atoms with Crippen molar-refractivity contribution in [1.82, 2.24) is 20.5 Å². The Hall–Kier alpha value is -3.43. The topological polar surface area (TPSA) is 144 Å². The first kappa shape index (κ1) is 24.7. The molecule has 2 heterocycles. The molecule has 1 saturated carbocycles. The molecule has 35 heavy (non-hydrogen) atoms. The average molecular weight is 482 g/mol. The fraction of sp³-hybridized carbons (Fsp3) is 0.560. The third kappa shape index (κ3) is 6.58. The summed E-state index contributed by atoms with van der Waals surface area (Å²) in [7, 11) is 0. The molecular formula is C25H35N7O3. The Kier molecular flexibility index (Phi) is 7.37. The number of hydrogen-bond acceptors (Lipinski definition) is 8. The monoisotopic (exact) mass is 481 g/mol. The lowest BCUT2D eigenvalue weighted by molar-refractivity contribution is 0.0472. The lowest BCUT2D eigenvalue weighted by atomic mass is 9.84. The molecule has 2 aliphatic rings. The van der Waals surface area contributed by atoms with E-state index < -0.39 is 17.6 Å². The molecule has 0 aliphatic heterocycles. The third-order valence-electron chi connectivity index (χ3n) is 6.37. The number of nitrogens with two attached hydrogens (primary N) is 1. The first-order chi connectivity index (χ1) is 16.7. The van der Waals surface area contributed by atoms with E-state index in [1.165, 1.54) is 5.56 Å². The molecule has 2 aromatic rings. The number of pyridine rings is 1. The fourth-order valence-corrected chi connectivity index (χ4v) is 4.72. The number of nitrogens with zero attached hydrogens (tertiary/aromatic N) is 3. The molecule has 0 spiro atoms. The maximum absolute atomic E-state index is 12.3. The fourth-order valence-electron chi connectivity index (χ4n) is 4.72. The average Bonchev–Trinajstić information content (AvgIpc) is 3.25. The minimum Gasteiger partial charge on any atom is -0.444 e. The van der Waals surface area contributed by atoms with Crippen LogP contribution in [0.4, 0.5) is 22.1 Å². The van der Waals surface area contributed by atoms with Crippen LogP contribution in [0.5, 0.6) is 0 Å². The van der Waals surface area contributed by atoms with Gasteiger partial charge < -0.3 is 26.4 Å². The van der Waals surface area contributed by atoms with Crippen LogP contribution >= 0.6 is 0 Å². The van der Waals surface area contributed by atoms with Gasteiger partial charge in [-0.25, -0.2) is 9.78 Å². The van der Waals surface area contributed by atoms with Crippen LogP contribution in [0, 0.1) is 5.92 Å². The minimum atomic E-state index is -0.665. The summed E-state index contributed by atoms with van der Waals surface area (Å²) in [6, 6.07) is 5.70. The van der Waals surface area contributed by atoms with Gasteiger partial charge in [0.2, 0.25) is 0 Å². The van der Waals surface area contributed by atoms with Crippen LogP contribution in [0.25, 0.3) is 0 Å². The number of ether oxygens (including phenoxy) is 1. The van der Waals surface area contributed by atoms with Gasteiger partial charge in [0.05, 0.1) is 5.69 Å². The maximum Gasteiger partial charge on any atom is 0.407 e. The zero-order chi connectivity index (χ0) is 25.0. The second-order valence-electron chi connectivity index (χ2n) is 10.3. The quantitative estimate of drug-likeness (QED) is 0.469. The van der Waals surface area contributed by atoms with E-state index in [-0.39, 0.29) is 17.7 Å². The second kappa shape index (κ2) is 10.5. The Balaban J connectivity index is 1.44. The van der Waals surface area contributed by atoms with E-state index >= 15 is 0 Å². The molecule has 10 heteroatoms. The molecule has 188 valence electrons. The highest BCUT2D eigenvalue weighted by Crippen LogP contribution is 2.27. The summed E-state index contributed by atoms with van der Waals surface area (Å²) in [6.07, 6.45) is 6.74. The molecule has 0 radical (unpaired) electrons. The number of carbonyl (C=O) groups excluding carboxylic acids is 2. The summed E-state index contributed by atoms with van der Waals surface area (Å²) in [6.45, 7) is 6.15. The van der Waals surface area contributed by atoms with Gasteiger partial charge in [0.25, 0.3) is 5.91 Å². The Morgan fingerprint density at radius 3 is 2.66 bits per heavy atom. The van der Waals surface area contributed by atoms with E-state index in [2.05, 4.69) is 37.2 Å². The van der Waals surface area contributed by atoms with Crippen molar-refractivity contribution in [3.63, 3.8) is 0 Å². The highest BCUT2D eigenvalue weighted by Gasteiger charge is 2.28. The van der Waals surface area contributed by atoms with Crippen molar-refractivity contribution < 1.29 is 14.3 Å². The predicted molar refractivity (Wildman–Crippen MR) is 134 cm³/mol. The lowest BCUT2D eigenvalue weighted by Crippen LogP contribution is -2.46. The Labute approximate surface area is 205 Å². The lowest BCUT2D eigenvalue weighted by Gasteiger charge is -2.33. The number of rotatable bonds is 7. The molecule has 0 bridgehead atoms. The van der Waals surface area contributed by atoms with Crippen LogP contribution in [0.1, 0.15) is 74.6 Å². The van der Waals surface area contributed by atoms with Gasteiger partial charge in [0.1, 0.15) is 11.4 Å². The largest absolute Gasteiger partial charge is 0.444 e. The van der Waals surface area contributed by atoms with Crippen molar-refractivity contribution in [3.05, 3.63) is 35.2 Å². The van der Waals surface area contributed by atoms with Gasteiger partial charge in [-0.15, -0.1) is 10.2 Å². The van der Waals surface area contributed by atoms with Gasteiger partial charge >= 0.3 is 6.09 Å². The van der Waals surface area contributed by atoms with Crippen molar-refractivity contribution in [3.8, 4) is 0 Å². The second-order valence-corrected chi connectivity index (χ2v) is 10.3. The van der Waals surface area contributed by atoms with Crippen molar-refractivity contribution >= 4 is 29.3 Å². The number of alkyl carbamates (subject to hydrolysis) is 1. The summed E-state index contributed by atoms with van der Waals surface area (Å²) in [5.74, 6) is 0.701. The van der Waals surface area contributed by atoms with Crippen molar-refractivity contribution in [2.45, 2.75) is 77.4 Å². The summed E-state index contributed by atoms with van der Waals surface area (Å²) in [4.78, 5) is 28.9. The number of carbonyl (C=O) groups is 2. The number of fused-ring (bicyclic) bond motifs is 1. The highest BCUT2D eigenvalue weighted by atomic mass is 16.6. The third-order valence-corrected chi connectivity index (χ3v) is 6.37. The summed E-state index contributed by atoms with van der Waals surface area (Å²) < 4.78 is 5.44. The molecular weight excluding hydrogens is 446 g/mol. The number of aromatic nitrogens is 3. The standard InChI is InChI=1S/C25H35N7O3/c1-25(2,3)35-24(34)30-18-9-5-4-7-16(18)14-27-21-13-19(22(23(26)33)32-31-21)29-20-12-11-15-8-6-10-17(15)28-20/h11-13,16,18H,4-10,14H2,1-3H3,(H2,26,33)(H,30,34)(H2,27,28,29,31)/t16-,18-/m0/s1. The number of amides is 2. The van der Waals surface area contributed by atoms with Gasteiger partial charge in [-0.1, -0.05) is 18.9 Å². The van der Waals surface area contributed by atoms with E-state index in [9.17, 15) is 9.59 Å². The van der Waals surface area contributed by atoms with Crippen LogP contribution in [0.3, 0.4) is 0 Å². The summed E-state index contributed by atoms with van der Waals surface area (Å²) >= 11 is 0. The minimum absolute atomic E-state index is 0.0113. The number of aryl methyl sites for hydroxylation is 2. The van der Waals surface area contributed by atoms with Crippen LogP contribution in [0.2, 0.25) is 0 Å². The molecule has 5 N–H and O–H groups in total. The molecule has 2 aromatic heterocycles. The van der Waals surface area contributed by atoms with Crippen LogP contribution in [-0.2, 0) is 17.6 Å². The highest BCUT2D eigenvalue weighted by molar-refractivity contribution is 5.97. The Bertz CT molecular complexity index is 1080. The van der Waals surface area contributed by atoms with Crippen molar-refractivity contribution in [2.75, 3.05) is 17.2 Å². The van der Waals surface area contributed by atoms with Crippen LogP contribution in [0.15, 0.2) is 18.2 Å². The van der Waals surface area contributed by atoms with Gasteiger partial charge in [-0.3, -0.25) is 4.79 Å². The van der Waals surface area contributed by atoms with Crippen LogP contribution < -0.4 is 21.7 Å². The molecule has 2 atom stereocenters. The molecule has 10 nitrogen and oxygen atoms in total. The Morgan fingerprint density at radius 2 is 1.89 bits per heavy atom. The number of hydrogen-bond donors (Lipinski definition) is 4. The zero-order valence-electron chi connectivity index (χ0n) is 20.7. The number of anilines is 3. The molecule has 2 aliphatic carbocycles. The maximum atomic E-state index is 12.3. The van der Waals surface area contributed by atoms with Gasteiger partial charge in [0, 0.05) is 24.3 Å². The molecule has 2 amide bonds. The molecule has 4 rings (SSSR count). The first-order valence-corrected chi connectivity index (χ1v) is 12.3. The van der Waals surface area contributed by atoms with Gasteiger partial charge in [-0.05, 0) is 70.4 Å². The Morgan fingerprint density at radius 1 is 1.09 bits per heavy atom. The summed E-state index contributed by atoms with van der Waals surface area (Å²) in [5.41, 5.74) is 7.85. The number of nitrogens with one attached hydrogen (secondary N) is 3. The van der Waals surface area contributed by atoms with Crippen LogP contribution in [-0.4, -0.2) is 45.4 Å². The SMILES string of the molecule is CC(C)(C)OC(=O)N[C@H]1CCCC[C@H]1CNc1cc(Nc2ccc3c(n2)CCC3)c(C(N)=O)nn1. The number of primary amides is 1. The van der Waals surface area contributed by atoms with E-state index in [1.54, 1.807) is 6.07 Å². The molecule has 0 unspecified atom stereocenters. The van der Waals surface area contributed by atoms with Gasteiger partial charge in [-0.2, -0.15) is 0 Å².